The van der Waals surface area contributed by atoms with E-state index in [1.165, 1.54) is 12.8 Å². The Morgan fingerprint density at radius 2 is 1.96 bits per heavy atom. The standard InChI is InChI=1S/C21H25NO4/c1-24-20-13-14(9-10-19(20)26-15-5-2-3-6-15)21(23)22-17-7-4-8-18-16(17)11-12-25-18/h9-13,15,17H,2-8H2,1H3,(H,22,23). The van der Waals surface area contributed by atoms with Crippen LogP contribution in [-0.2, 0) is 6.42 Å². The first-order valence-electron chi connectivity index (χ1n) is 9.46. The van der Waals surface area contributed by atoms with E-state index >= 15 is 0 Å². The van der Waals surface area contributed by atoms with E-state index in [0.29, 0.717) is 17.1 Å². The van der Waals surface area contributed by atoms with Crippen LogP contribution in [0.3, 0.4) is 0 Å². The van der Waals surface area contributed by atoms with Crippen LogP contribution in [0.25, 0.3) is 0 Å². The van der Waals surface area contributed by atoms with Crippen LogP contribution in [0.15, 0.2) is 34.9 Å². The lowest BCUT2D eigenvalue weighted by molar-refractivity contribution is 0.0931. The molecule has 0 aliphatic heterocycles. The van der Waals surface area contributed by atoms with Crippen LogP contribution in [0.2, 0.25) is 0 Å². The van der Waals surface area contributed by atoms with Gasteiger partial charge in [0.25, 0.3) is 5.91 Å². The van der Waals surface area contributed by atoms with Gasteiger partial charge in [0, 0.05) is 17.5 Å². The highest BCUT2D eigenvalue weighted by Gasteiger charge is 2.25. The lowest BCUT2D eigenvalue weighted by Crippen LogP contribution is -2.30. The highest BCUT2D eigenvalue weighted by Crippen LogP contribution is 2.33. The van der Waals surface area contributed by atoms with Crippen LogP contribution < -0.4 is 14.8 Å². The molecule has 1 unspecified atom stereocenters. The van der Waals surface area contributed by atoms with E-state index in [1.54, 1.807) is 25.5 Å². The van der Waals surface area contributed by atoms with Gasteiger partial charge >= 0.3 is 0 Å². The number of aryl methyl sites for hydroxylation is 1. The molecular weight excluding hydrogens is 330 g/mol. The number of benzene rings is 1. The van der Waals surface area contributed by atoms with Crippen LogP contribution in [0, 0.1) is 0 Å². The van der Waals surface area contributed by atoms with Crippen molar-refractivity contribution in [2.24, 2.45) is 0 Å². The molecule has 2 aliphatic rings. The van der Waals surface area contributed by atoms with E-state index in [2.05, 4.69) is 5.32 Å². The van der Waals surface area contributed by atoms with Crippen LogP contribution in [0.4, 0.5) is 0 Å². The molecule has 0 bridgehead atoms. The highest BCUT2D eigenvalue weighted by atomic mass is 16.5. The maximum atomic E-state index is 12.7. The summed E-state index contributed by atoms with van der Waals surface area (Å²) in [6.07, 6.45) is 9.44. The molecule has 4 rings (SSSR count). The summed E-state index contributed by atoms with van der Waals surface area (Å²) in [5.41, 5.74) is 1.67. The summed E-state index contributed by atoms with van der Waals surface area (Å²) in [6, 6.07) is 7.37. The quantitative estimate of drug-likeness (QED) is 0.863. The number of furan rings is 1. The fourth-order valence-electron chi connectivity index (χ4n) is 3.97. The molecule has 0 radical (unpaired) electrons. The first-order chi connectivity index (χ1) is 12.7. The van der Waals surface area contributed by atoms with E-state index in [-0.39, 0.29) is 18.1 Å². The minimum atomic E-state index is -0.102. The lowest BCUT2D eigenvalue weighted by Gasteiger charge is -2.23. The molecule has 1 fully saturated rings. The van der Waals surface area contributed by atoms with E-state index in [0.717, 1.165) is 43.4 Å². The van der Waals surface area contributed by atoms with E-state index in [9.17, 15) is 4.79 Å². The second-order valence-electron chi connectivity index (χ2n) is 7.11. The molecule has 1 heterocycles. The first-order valence-corrected chi connectivity index (χ1v) is 9.46. The number of rotatable bonds is 5. The zero-order valence-corrected chi connectivity index (χ0v) is 15.1. The third kappa shape index (κ3) is 3.43. The molecule has 1 aromatic heterocycles. The molecule has 2 aromatic rings. The molecule has 1 N–H and O–H groups in total. The minimum Gasteiger partial charge on any atom is -0.493 e. The van der Waals surface area contributed by atoms with Crippen LogP contribution in [-0.4, -0.2) is 19.1 Å². The molecule has 26 heavy (non-hydrogen) atoms. The van der Waals surface area contributed by atoms with Gasteiger partial charge in [0.1, 0.15) is 5.76 Å². The topological polar surface area (TPSA) is 60.7 Å². The second-order valence-corrected chi connectivity index (χ2v) is 7.11. The monoisotopic (exact) mass is 355 g/mol. The van der Waals surface area contributed by atoms with Gasteiger partial charge in [-0.05, 0) is 62.8 Å². The predicted molar refractivity (Wildman–Crippen MR) is 97.7 cm³/mol. The van der Waals surface area contributed by atoms with Gasteiger partial charge in [-0.1, -0.05) is 0 Å². The fourth-order valence-corrected chi connectivity index (χ4v) is 3.97. The van der Waals surface area contributed by atoms with Crippen molar-refractivity contribution in [3.8, 4) is 11.5 Å². The molecule has 1 aromatic carbocycles. The van der Waals surface area contributed by atoms with Crippen molar-refractivity contribution in [1.29, 1.82) is 0 Å². The number of ether oxygens (including phenoxy) is 2. The normalized spacial score (nSPS) is 19.8. The largest absolute Gasteiger partial charge is 0.493 e. The maximum absolute atomic E-state index is 12.7. The van der Waals surface area contributed by atoms with Gasteiger partial charge in [-0.3, -0.25) is 4.79 Å². The van der Waals surface area contributed by atoms with Gasteiger partial charge in [-0.15, -0.1) is 0 Å². The number of methoxy groups -OCH3 is 1. The van der Waals surface area contributed by atoms with Crippen LogP contribution in [0.5, 0.6) is 11.5 Å². The Labute approximate surface area is 153 Å². The van der Waals surface area contributed by atoms with Crippen molar-refractivity contribution < 1.29 is 18.7 Å². The number of hydrogen-bond donors (Lipinski definition) is 1. The lowest BCUT2D eigenvalue weighted by atomic mass is 9.93. The maximum Gasteiger partial charge on any atom is 0.251 e. The van der Waals surface area contributed by atoms with Gasteiger partial charge in [-0.2, -0.15) is 0 Å². The summed E-state index contributed by atoms with van der Waals surface area (Å²) in [6.45, 7) is 0. The number of amides is 1. The second kappa shape index (κ2) is 7.44. The van der Waals surface area contributed by atoms with Gasteiger partial charge in [-0.25, -0.2) is 0 Å². The summed E-state index contributed by atoms with van der Waals surface area (Å²) in [7, 11) is 1.61. The van der Waals surface area contributed by atoms with Crippen molar-refractivity contribution >= 4 is 5.91 Å². The summed E-state index contributed by atoms with van der Waals surface area (Å²) >= 11 is 0. The molecular formula is C21H25NO4. The first kappa shape index (κ1) is 17.0. The van der Waals surface area contributed by atoms with Gasteiger partial charge in [0.15, 0.2) is 11.5 Å². The molecule has 0 saturated heterocycles. The highest BCUT2D eigenvalue weighted by molar-refractivity contribution is 5.95. The number of nitrogens with one attached hydrogen (secondary N) is 1. The third-order valence-corrected chi connectivity index (χ3v) is 5.38. The molecule has 1 amide bonds. The van der Waals surface area contributed by atoms with Crippen LogP contribution in [0.1, 0.15) is 66.2 Å². The average Bonchev–Trinajstić information content (AvgIpc) is 3.34. The molecule has 1 atom stereocenters. The summed E-state index contributed by atoms with van der Waals surface area (Å²) in [4.78, 5) is 12.7. The van der Waals surface area contributed by atoms with E-state index in [1.807, 2.05) is 12.1 Å². The third-order valence-electron chi connectivity index (χ3n) is 5.38. The van der Waals surface area contributed by atoms with E-state index in [4.69, 9.17) is 13.9 Å². The van der Waals surface area contributed by atoms with Crippen molar-refractivity contribution in [2.75, 3.05) is 7.11 Å². The molecule has 2 aliphatic carbocycles. The summed E-state index contributed by atoms with van der Waals surface area (Å²) in [5.74, 6) is 2.21. The van der Waals surface area contributed by atoms with E-state index < -0.39 is 0 Å². The predicted octanol–water partition coefficient (Wildman–Crippen LogP) is 4.42. The van der Waals surface area contributed by atoms with Crippen molar-refractivity contribution in [1.82, 2.24) is 5.32 Å². The Morgan fingerprint density at radius 1 is 1.12 bits per heavy atom. The smallest absolute Gasteiger partial charge is 0.251 e. The zero-order valence-electron chi connectivity index (χ0n) is 15.1. The zero-order chi connectivity index (χ0) is 17.9. The SMILES string of the molecule is COc1cc(C(=O)NC2CCCc3occc32)ccc1OC1CCCC1. The Kier molecular flexibility index (Phi) is 4.87. The summed E-state index contributed by atoms with van der Waals surface area (Å²) < 4.78 is 17.0. The fraction of sp³-hybridized carbons (Fsp3) is 0.476. The number of carbonyl (C=O) groups is 1. The van der Waals surface area contributed by atoms with Crippen molar-refractivity contribution in [3.05, 3.63) is 47.4 Å². The van der Waals surface area contributed by atoms with Crippen molar-refractivity contribution in [2.45, 2.75) is 57.1 Å². The minimum absolute atomic E-state index is 0.00501. The summed E-state index contributed by atoms with van der Waals surface area (Å²) in [5, 5.41) is 3.13. The van der Waals surface area contributed by atoms with Gasteiger partial charge in [0.05, 0.1) is 25.5 Å². The Hall–Kier alpha value is -2.43. The molecule has 0 spiro atoms. The average molecular weight is 355 g/mol. The van der Waals surface area contributed by atoms with Gasteiger partial charge in [0.2, 0.25) is 0 Å². The molecule has 5 nitrogen and oxygen atoms in total. The van der Waals surface area contributed by atoms with Crippen molar-refractivity contribution in [3.63, 3.8) is 0 Å². The number of carbonyl (C=O) groups excluding carboxylic acids is 1. The van der Waals surface area contributed by atoms with Gasteiger partial charge < -0.3 is 19.2 Å². The van der Waals surface area contributed by atoms with Crippen LogP contribution >= 0.6 is 0 Å². The molecule has 5 heteroatoms. The number of fused-ring (bicyclic) bond motifs is 1. The Balaban J connectivity index is 1.48. The molecule has 1 saturated carbocycles. The Bertz CT molecular complexity index is 776. The molecule has 138 valence electrons. The Morgan fingerprint density at radius 3 is 2.77 bits per heavy atom. The number of hydrogen-bond acceptors (Lipinski definition) is 4.